The smallest absolute Gasteiger partial charge is 0.333 e. The largest absolute Gasteiger partial charge is 0.415 e. The molecule has 2 N–H and O–H groups in total. The molecule has 0 rings (SSSR count). The zero-order chi connectivity index (χ0) is 13.0. The van der Waals surface area contributed by atoms with Crippen LogP contribution in [0.15, 0.2) is 25.3 Å². The van der Waals surface area contributed by atoms with Crippen molar-refractivity contribution >= 4 is 5.91 Å². The van der Waals surface area contributed by atoms with Crippen LogP contribution in [0, 0.1) is 0 Å². The topological polar surface area (TPSA) is 46.3 Å². The summed E-state index contributed by atoms with van der Waals surface area (Å²) >= 11 is 0. The van der Waals surface area contributed by atoms with Gasteiger partial charge >= 0.3 is 6.18 Å². The molecule has 1 atom stereocenters. The Labute approximate surface area is 92.4 Å². The van der Waals surface area contributed by atoms with Gasteiger partial charge in [0.05, 0.1) is 0 Å². The number of rotatable bonds is 5. The highest BCUT2D eigenvalue weighted by Gasteiger charge is 2.55. The molecule has 0 aliphatic rings. The number of nitrogens with zero attached hydrogens (tertiary/aromatic N) is 1. The first kappa shape index (κ1) is 14.7. The fourth-order valence-corrected chi connectivity index (χ4v) is 1.00. The number of nitrogens with two attached hydrogens (primary N) is 1. The number of carbonyl (C=O) groups excluding carboxylic acids is 1. The van der Waals surface area contributed by atoms with Gasteiger partial charge in [-0.1, -0.05) is 12.2 Å². The molecule has 0 aromatic rings. The lowest BCUT2D eigenvalue weighted by molar-refractivity contribution is -0.193. The molecule has 0 saturated carbocycles. The third-order valence-corrected chi connectivity index (χ3v) is 2.02. The summed E-state index contributed by atoms with van der Waals surface area (Å²) in [4.78, 5) is 12.5. The summed E-state index contributed by atoms with van der Waals surface area (Å²) in [6.07, 6.45) is -2.13. The molecule has 0 aliphatic carbocycles. The van der Waals surface area contributed by atoms with Gasteiger partial charge in [-0.05, 0) is 6.92 Å². The van der Waals surface area contributed by atoms with Crippen LogP contribution in [0.5, 0.6) is 0 Å². The molecule has 0 fully saturated rings. The lowest BCUT2D eigenvalue weighted by Crippen LogP contribution is -2.62. The molecule has 0 spiro atoms. The Hall–Kier alpha value is -1.30. The minimum atomic E-state index is -4.79. The summed E-state index contributed by atoms with van der Waals surface area (Å²) in [6.45, 7) is 7.35. The first-order valence-electron chi connectivity index (χ1n) is 4.55. The van der Waals surface area contributed by atoms with Crippen LogP contribution in [0.2, 0.25) is 0 Å². The SMILES string of the molecule is C=CCN(CC=C)C(=O)C(C)(N)C(F)(F)F. The van der Waals surface area contributed by atoms with E-state index >= 15 is 0 Å². The molecule has 0 aliphatic heterocycles. The second-order valence-electron chi connectivity index (χ2n) is 3.49. The highest BCUT2D eigenvalue weighted by Crippen LogP contribution is 2.29. The molecule has 0 aromatic carbocycles. The van der Waals surface area contributed by atoms with E-state index in [1.165, 1.54) is 12.2 Å². The number of hydrogen-bond acceptors (Lipinski definition) is 2. The first-order chi connectivity index (χ1) is 7.18. The average molecular weight is 236 g/mol. The van der Waals surface area contributed by atoms with Crippen LogP contribution in [-0.4, -0.2) is 35.6 Å². The molecule has 0 radical (unpaired) electrons. The molecule has 3 nitrogen and oxygen atoms in total. The van der Waals surface area contributed by atoms with E-state index < -0.39 is 17.6 Å². The van der Waals surface area contributed by atoms with E-state index in [0.717, 1.165) is 4.90 Å². The highest BCUT2D eigenvalue weighted by molar-refractivity contribution is 5.87. The summed E-state index contributed by atoms with van der Waals surface area (Å²) in [5, 5.41) is 0. The molecule has 92 valence electrons. The third kappa shape index (κ3) is 3.10. The first-order valence-corrected chi connectivity index (χ1v) is 4.55. The van der Waals surface area contributed by atoms with Crippen LogP contribution in [0.3, 0.4) is 0 Å². The van der Waals surface area contributed by atoms with E-state index in [4.69, 9.17) is 5.73 Å². The Kier molecular flexibility index (Phi) is 4.74. The molecule has 6 heteroatoms. The van der Waals surface area contributed by atoms with Crippen molar-refractivity contribution in [2.24, 2.45) is 5.73 Å². The van der Waals surface area contributed by atoms with E-state index in [9.17, 15) is 18.0 Å². The van der Waals surface area contributed by atoms with Crippen LogP contribution < -0.4 is 5.73 Å². The number of carbonyl (C=O) groups is 1. The lowest BCUT2D eigenvalue weighted by Gasteiger charge is -2.31. The van der Waals surface area contributed by atoms with Crippen LogP contribution in [-0.2, 0) is 4.79 Å². The van der Waals surface area contributed by atoms with Gasteiger partial charge in [0, 0.05) is 13.1 Å². The van der Waals surface area contributed by atoms with Crippen LogP contribution in [0.1, 0.15) is 6.92 Å². The number of hydrogen-bond donors (Lipinski definition) is 1. The highest BCUT2D eigenvalue weighted by atomic mass is 19.4. The lowest BCUT2D eigenvalue weighted by atomic mass is 10.0. The van der Waals surface area contributed by atoms with E-state index in [2.05, 4.69) is 13.2 Å². The van der Waals surface area contributed by atoms with Gasteiger partial charge < -0.3 is 10.6 Å². The molecule has 0 aromatic heterocycles. The van der Waals surface area contributed by atoms with Crippen LogP contribution in [0.4, 0.5) is 13.2 Å². The molecule has 0 bridgehead atoms. The summed E-state index contributed by atoms with van der Waals surface area (Å²) in [7, 11) is 0. The normalized spacial score (nSPS) is 15.1. The Morgan fingerprint density at radius 2 is 1.69 bits per heavy atom. The maximum atomic E-state index is 12.5. The van der Waals surface area contributed by atoms with Gasteiger partial charge in [0.2, 0.25) is 0 Å². The van der Waals surface area contributed by atoms with Crippen molar-refractivity contribution in [3.63, 3.8) is 0 Å². The van der Waals surface area contributed by atoms with Crippen molar-refractivity contribution in [1.29, 1.82) is 0 Å². The standard InChI is InChI=1S/C10H15F3N2O/c1-4-6-15(7-5-2)8(16)9(3,14)10(11,12)13/h4-5H,1-2,6-7,14H2,3H3. The van der Waals surface area contributed by atoms with E-state index in [1.807, 2.05) is 0 Å². The fourth-order valence-electron chi connectivity index (χ4n) is 1.00. The summed E-state index contributed by atoms with van der Waals surface area (Å²) in [5.41, 5.74) is 2.12. The van der Waals surface area contributed by atoms with Gasteiger partial charge in [-0.15, -0.1) is 13.2 Å². The van der Waals surface area contributed by atoms with Crippen molar-refractivity contribution in [2.75, 3.05) is 13.1 Å². The van der Waals surface area contributed by atoms with Gasteiger partial charge in [-0.2, -0.15) is 13.2 Å². The van der Waals surface area contributed by atoms with E-state index in [0.29, 0.717) is 6.92 Å². The maximum Gasteiger partial charge on any atom is 0.415 e. The summed E-state index contributed by atoms with van der Waals surface area (Å²) in [6, 6.07) is 0. The second kappa shape index (κ2) is 5.16. The predicted octanol–water partition coefficient (Wildman–Crippen LogP) is 1.47. The minimum Gasteiger partial charge on any atom is -0.333 e. The van der Waals surface area contributed by atoms with Gasteiger partial charge in [-0.3, -0.25) is 4.79 Å². The minimum absolute atomic E-state index is 0.00623. The van der Waals surface area contributed by atoms with Crippen molar-refractivity contribution in [3.05, 3.63) is 25.3 Å². The van der Waals surface area contributed by atoms with Gasteiger partial charge in [0.25, 0.3) is 5.91 Å². The molecule has 1 unspecified atom stereocenters. The van der Waals surface area contributed by atoms with Crippen molar-refractivity contribution < 1.29 is 18.0 Å². The second-order valence-corrected chi connectivity index (χ2v) is 3.49. The fraction of sp³-hybridized carbons (Fsp3) is 0.500. The Balaban J connectivity index is 4.98. The molecule has 0 heterocycles. The monoisotopic (exact) mass is 236 g/mol. The van der Waals surface area contributed by atoms with Crippen LogP contribution in [0.25, 0.3) is 0 Å². The molecule has 0 saturated heterocycles. The predicted molar refractivity (Wildman–Crippen MR) is 55.6 cm³/mol. The van der Waals surface area contributed by atoms with Gasteiger partial charge in [-0.25, -0.2) is 0 Å². The maximum absolute atomic E-state index is 12.5. The van der Waals surface area contributed by atoms with Crippen molar-refractivity contribution in [2.45, 2.75) is 18.6 Å². The molecule has 1 amide bonds. The quantitative estimate of drug-likeness (QED) is 0.735. The zero-order valence-electron chi connectivity index (χ0n) is 9.05. The number of alkyl halides is 3. The number of halogens is 3. The summed E-state index contributed by atoms with van der Waals surface area (Å²) in [5.74, 6) is -1.19. The molecular weight excluding hydrogens is 221 g/mol. The molecular formula is C10H15F3N2O. The average Bonchev–Trinajstić information content (AvgIpc) is 2.14. The van der Waals surface area contributed by atoms with Crippen molar-refractivity contribution in [3.8, 4) is 0 Å². The number of amides is 1. The van der Waals surface area contributed by atoms with Crippen molar-refractivity contribution in [1.82, 2.24) is 4.90 Å². The van der Waals surface area contributed by atoms with E-state index in [1.54, 1.807) is 0 Å². The summed E-state index contributed by atoms with van der Waals surface area (Å²) < 4.78 is 37.5. The Morgan fingerprint density at radius 3 is 1.94 bits per heavy atom. The van der Waals surface area contributed by atoms with Gasteiger partial charge in [0.1, 0.15) is 0 Å². The Morgan fingerprint density at radius 1 is 1.31 bits per heavy atom. The Bertz CT molecular complexity index is 274. The van der Waals surface area contributed by atoms with Gasteiger partial charge in [0.15, 0.2) is 5.54 Å². The van der Waals surface area contributed by atoms with Crippen LogP contribution >= 0.6 is 0 Å². The molecule has 16 heavy (non-hydrogen) atoms. The van der Waals surface area contributed by atoms with E-state index in [-0.39, 0.29) is 13.1 Å². The third-order valence-electron chi connectivity index (χ3n) is 2.02. The zero-order valence-corrected chi connectivity index (χ0v) is 9.05.